The van der Waals surface area contributed by atoms with E-state index < -0.39 is 27.6 Å². The second-order valence-electron chi connectivity index (χ2n) is 6.55. The van der Waals surface area contributed by atoms with Crippen LogP contribution in [0.1, 0.15) is 20.8 Å². The minimum atomic E-state index is -3.14. The van der Waals surface area contributed by atoms with Gasteiger partial charge in [0.25, 0.3) is 0 Å². The van der Waals surface area contributed by atoms with Gasteiger partial charge in [-0.3, -0.25) is 4.90 Å². The van der Waals surface area contributed by atoms with Crippen LogP contribution < -0.4 is 5.32 Å². The minimum absolute atomic E-state index is 0.0335. The topological polar surface area (TPSA) is 84.9 Å². The maximum absolute atomic E-state index is 11.9. The van der Waals surface area contributed by atoms with Crippen molar-refractivity contribution in [2.75, 3.05) is 37.8 Å². The van der Waals surface area contributed by atoms with Gasteiger partial charge in [-0.25, -0.2) is 13.2 Å². The van der Waals surface area contributed by atoms with Gasteiger partial charge in [0.2, 0.25) is 0 Å². The fourth-order valence-corrected chi connectivity index (χ4v) is 4.65. The summed E-state index contributed by atoms with van der Waals surface area (Å²) < 4.78 is 34.3. The molecule has 0 radical (unpaired) electrons. The van der Waals surface area contributed by atoms with Crippen LogP contribution in [0, 0.1) is 0 Å². The lowest BCUT2D eigenvalue weighted by molar-refractivity contribution is 0.0133. The molecule has 21 heavy (non-hydrogen) atoms. The summed E-state index contributed by atoms with van der Waals surface area (Å²) in [5.74, 6) is 0.0434. The Balaban J connectivity index is 2.02. The van der Waals surface area contributed by atoms with Gasteiger partial charge in [0, 0.05) is 19.1 Å². The van der Waals surface area contributed by atoms with E-state index in [-0.39, 0.29) is 17.5 Å². The molecule has 0 aromatic heterocycles. The average molecular weight is 320 g/mol. The SMILES string of the molecule is CC(C)(C)OC(=O)NC1CS(=O)(=O)CC1N1CCOCC1. The third-order valence-corrected chi connectivity index (χ3v) is 5.26. The molecule has 2 atom stereocenters. The van der Waals surface area contributed by atoms with Crippen LogP contribution in [0.25, 0.3) is 0 Å². The molecule has 0 aromatic carbocycles. The highest BCUT2D eigenvalue weighted by atomic mass is 32.2. The highest BCUT2D eigenvalue weighted by Crippen LogP contribution is 2.20. The summed E-state index contributed by atoms with van der Waals surface area (Å²) in [6, 6.07) is -0.630. The summed E-state index contributed by atoms with van der Waals surface area (Å²) in [5, 5.41) is 2.72. The van der Waals surface area contributed by atoms with E-state index in [0.29, 0.717) is 26.3 Å². The maximum Gasteiger partial charge on any atom is 0.407 e. The summed E-state index contributed by atoms with van der Waals surface area (Å²) in [6.45, 7) is 7.89. The van der Waals surface area contributed by atoms with Gasteiger partial charge in [0.1, 0.15) is 5.60 Å². The molecular weight excluding hydrogens is 296 g/mol. The zero-order valence-corrected chi connectivity index (χ0v) is 13.6. The van der Waals surface area contributed by atoms with Gasteiger partial charge in [-0.15, -0.1) is 0 Å². The lowest BCUT2D eigenvalue weighted by Crippen LogP contribution is -2.54. The van der Waals surface area contributed by atoms with Crippen LogP contribution in [0.3, 0.4) is 0 Å². The Hall–Kier alpha value is -0.860. The molecule has 2 rings (SSSR count). The molecular formula is C13H24N2O5S. The van der Waals surface area contributed by atoms with E-state index in [1.807, 2.05) is 0 Å². The number of morpholine rings is 1. The lowest BCUT2D eigenvalue weighted by atomic mass is 10.1. The number of amides is 1. The van der Waals surface area contributed by atoms with Crippen LogP contribution >= 0.6 is 0 Å². The van der Waals surface area contributed by atoms with Crippen molar-refractivity contribution in [1.82, 2.24) is 10.2 Å². The molecule has 0 bridgehead atoms. The Morgan fingerprint density at radius 2 is 1.86 bits per heavy atom. The van der Waals surface area contributed by atoms with Crippen LogP contribution in [0.2, 0.25) is 0 Å². The number of nitrogens with zero attached hydrogens (tertiary/aromatic N) is 1. The number of nitrogens with one attached hydrogen (secondary N) is 1. The molecule has 122 valence electrons. The van der Waals surface area contributed by atoms with Crippen LogP contribution in [-0.4, -0.2) is 74.9 Å². The molecule has 2 saturated heterocycles. The molecule has 2 heterocycles. The van der Waals surface area contributed by atoms with Crippen LogP contribution in [0.4, 0.5) is 4.79 Å². The predicted molar refractivity (Wildman–Crippen MR) is 78.0 cm³/mol. The minimum Gasteiger partial charge on any atom is -0.444 e. The van der Waals surface area contributed by atoms with E-state index in [9.17, 15) is 13.2 Å². The zero-order chi connectivity index (χ0) is 15.7. The quantitative estimate of drug-likeness (QED) is 0.771. The van der Waals surface area contributed by atoms with Crippen molar-refractivity contribution in [2.24, 2.45) is 0 Å². The van der Waals surface area contributed by atoms with Crippen molar-refractivity contribution in [3.63, 3.8) is 0 Å². The number of hydrogen-bond donors (Lipinski definition) is 1. The summed E-state index contributed by atoms with van der Waals surface area (Å²) in [5.41, 5.74) is -0.601. The molecule has 2 aliphatic heterocycles. The number of carbonyl (C=O) groups excluding carboxylic acids is 1. The molecule has 2 aliphatic rings. The van der Waals surface area contributed by atoms with Gasteiger partial charge >= 0.3 is 6.09 Å². The summed E-state index contributed by atoms with van der Waals surface area (Å²) in [7, 11) is -3.14. The molecule has 7 nitrogen and oxygen atoms in total. The Bertz CT molecular complexity index is 479. The van der Waals surface area contributed by atoms with E-state index in [1.54, 1.807) is 20.8 Å². The number of alkyl carbamates (subject to hydrolysis) is 1. The number of hydrogen-bond acceptors (Lipinski definition) is 6. The third-order valence-electron chi connectivity index (χ3n) is 3.54. The molecule has 1 amide bonds. The van der Waals surface area contributed by atoms with Gasteiger partial charge < -0.3 is 14.8 Å². The van der Waals surface area contributed by atoms with Crippen LogP contribution in [0.5, 0.6) is 0 Å². The van der Waals surface area contributed by atoms with E-state index in [2.05, 4.69) is 10.2 Å². The molecule has 8 heteroatoms. The molecule has 0 spiro atoms. The molecule has 0 saturated carbocycles. The molecule has 2 unspecified atom stereocenters. The molecule has 1 N–H and O–H groups in total. The second-order valence-corrected chi connectivity index (χ2v) is 8.70. The Morgan fingerprint density at radius 1 is 1.24 bits per heavy atom. The normalized spacial score (nSPS) is 30.0. The number of sulfone groups is 1. The highest BCUT2D eigenvalue weighted by molar-refractivity contribution is 7.91. The standard InChI is InChI=1S/C13H24N2O5S/c1-13(2,3)20-12(16)14-10-8-21(17,18)9-11(10)15-4-6-19-7-5-15/h10-11H,4-9H2,1-3H3,(H,14,16). The Morgan fingerprint density at radius 3 is 2.43 bits per heavy atom. The van der Waals surface area contributed by atoms with E-state index in [0.717, 1.165) is 0 Å². The zero-order valence-electron chi connectivity index (χ0n) is 12.8. The van der Waals surface area contributed by atoms with E-state index in [4.69, 9.17) is 9.47 Å². The predicted octanol–water partition coefficient (Wildman–Crippen LogP) is 0.00890. The largest absolute Gasteiger partial charge is 0.444 e. The van der Waals surface area contributed by atoms with Crippen molar-refractivity contribution in [3.05, 3.63) is 0 Å². The first-order chi connectivity index (χ1) is 9.66. The summed E-state index contributed by atoms with van der Waals surface area (Å²) in [4.78, 5) is 14.0. The Kier molecular flexibility index (Phi) is 4.79. The summed E-state index contributed by atoms with van der Waals surface area (Å²) >= 11 is 0. The molecule has 2 fully saturated rings. The second kappa shape index (κ2) is 6.10. The number of rotatable bonds is 2. The van der Waals surface area contributed by atoms with E-state index in [1.165, 1.54) is 0 Å². The fourth-order valence-electron chi connectivity index (χ4n) is 2.69. The van der Waals surface area contributed by atoms with Crippen molar-refractivity contribution >= 4 is 15.9 Å². The molecule has 0 aromatic rings. The lowest BCUT2D eigenvalue weighted by Gasteiger charge is -2.35. The van der Waals surface area contributed by atoms with Crippen molar-refractivity contribution in [1.29, 1.82) is 0 Å². The van der Waals surface area contributed by atoms with Crippen molar-refractivity contribution in [2.45, 2.75) is 38.5 Å². The highest BCUT2D eigenvalue weighted by Gasteiger charge is 2.42. The summed E-state index contributed by atoms with van der Waals surface area (Å²) in [6.07, 6.45) is -0.567. The van der Waals surface area contributed by atoms with Gasteiger partial charge in [-0.05, 0) is 20.8 Å². The van der Waals surface area contributed by atoms with Crippen LogP contribution in [0.15, 0.2) is 0 Å². The monoisotopic (exact) mass is 320 g/mol. The first kappa shape index (κ1) is 16.5. The first-order valence-corrected chi connectivity index (χ1v) is 9.00. The third kappa shape index (κ3) is 4.82. The maximum atomic E-state index is 11.9. The Labute approximate surface area is 125 Å². The van der Waals surface area contributed by atoms with Gasteiger partial charge in [-0.1, -0.05) is 0 Å². The molecule has 0 aliphatic carbocycles. The fraction of sp³-hybridized carbons (Fsp3) is 0.923. The van der Waals surface area contributed by atoms with Crippen LogP contribution in [-0.2, 0) is 19.3 Å². The number of carbonyl (C=O) groups is 1. The first-order valence-electron chi connectivity index (χ1n) is 7.18. The van der Waals surface area contributed by atoms with Gasteiger partial charge in [0.05, 0.1) is 30.8 Å². The van der Waals surface area contributed by atoms with E-state index >= 15 is 0 Å². The van der Waals surface area contributed by atoms with Crippen molar-refractivity contribution in [3.8, 4) is 0 Å². The van der Waals surface area contributed by atoms with Gasteiger partial charge in [-0.2, -0.15) is 0 Å². The average Bonchev–Trinajstić information content (AvgIpc) is 2.63. The smallest absolute Gasteiger partial charge is 0.407 e. The van der Waals surface area contributed by atoms with Crippen molar-refractivity contribution < 1.29 is 22.7 Å². The van der Waals surface area contributed by atoms with Gasteiger partial charge in [0.15, 0.2) is 9.84 Å². The number of ether oxygens (including phenoxy) is 2.